The van der Waals surface area contributed by atoms with E-state index < -0.39 is 0 Å². The lowest BCUT2D eigenvalue weighted by Crippen LogP contribution is -2.06. The van der Waals surface area contributed by atoms with Gasteiger partial charge < -0.3 is 5.32 Å². The molecule has 0 atom stereocenters. The molecule has 0 spiro atoms. The minimum atomic E-state index is -0.322. The zero-order chi connectivity index (χ0) is 17.5. The second-order valence-electron chi connectivity index (χ2n) is 5.45. The second kappa shape index (κ2) is 8.01. The molecule has 2 N–H and O–H groups in total. The highest BCUT2D eigenvalue weighted by Gasteiger charge is 2.02. The van der Waals surface area contributed by atoms with Crippen LogP contribution in [0.3, 0.4) is 0 Å². The summed E-state index contributed by atoms with van der Waals surface area (Å²) in [4.78, 5) is 8.72. The number of nitrogens with zero attached hydrogens (tertiary/aromatic N) is 3. The molecule has 0 aliphatic rings. The Bertz CT molecular complexity index is 865. The highest BCUT2D eigenvalue weighted by Crippen LogP contribution is 2.11. The van der Waals surface area contributed by atoms with Crippen molar-refractivity contribution >= 4 is 18.0 Å². The summed E-state index contributed by atoms with van der Waals surface area (Å²) in [5.41, 5.74) is 5.16. The molecule has 0 aliphatic heterocycles. The first-order valence-corrected chi connectivity index (χ1v) is 7.88. The Kier molecular flexibility index (Phi) is 5.31. The van der Waals surface area contributed by atoms with E-state index in [4.69, 9.17) is 0 Å². The van der Waals surface area contributed by atoms with E-state index in [1.54, 1.807) is 24.3 Å². The molecular formula is C19H18FN5. The summed E-state index contributed by atoms with van der Waals surface area (Å²) in [6, 6.07) is 18.2. The quantitative estimate of drug-likeness (QED) is 0.528. The summed E-state index contributed by atoms with van der Waals surface area (Å²) >= 11 is 0. The number of anilines is 2. The smallest absolute Gasteiger partial charge is 0.225 e. The Morgan fingerprint density at radius 2 is 1.80 bits per heavy atom. The van der Waals surface area contributed by atoms with Gasteiger partial charge in [-0.2, -0.15) is 10.1 Å². The molecule has 0 saturated heterocycles. The number of aromatic nitrogens is 2. The van der Waals surface area contributed by atoms with E-state index >= 15 is 0 Å². The van der Waals surface area contributed by atoms with Crippen LogP contribution in [0.5, 0.6) is 0 Å². The number of benzene rings is 2. The van der Waals surface area contributed by atoms with E-state index in [1.165, 1.54) is 12.3 Å². The first-order chi connectivity index (χ1) is 12.2. The third-order valence-electron chi connectivity index (χ3n) is 3.44. The SMILES string of the molecule is Cc1cc(N/N=C/c2ccccc2F)nc(NCc2ccccc2)n1. The molecule has 0 saturated carbocycles. The lowest BCUT2D eigenvalue weighted by molar-refractivity contribution is 0.626. The van der Waals surface area contributed by atoms with Crippen LogP contribution in [0.25, 0.3) is 0 Å². The van der Waals surface area contributed by atoms with E-state index in [9.17, 15) is 4.39 Å². The molecular weight excluding hydrogens is 317 g/mol. The molecule has 1 aromatic heterocycles. The molecule has 2 aromatic carbocycles. The summed E-state index contributed by atoms with van der Waals surface area (Å²) in [5.74, 6) is 0.722. The zero-order valence-corrected chi connectivity index (χ0v) is 13.8. The van der Waals surface area contributed by atoms with Gasteiger partial charge in [0.25, 0.3) is 0 Å². The molecule has 0 bridgehead atoms. The van der Waals surface area contributed by atoms with Gasteiger partial charge in [-0.3, -0.25) is 5.43 Å². The van der Waals surface area contributed by atoms with Gasteiger partial charge in [0.15, 0.2) is 5.82 Å². The molecule has 1 heterocycles. The van der Waals surface area contributed by atoms with Gasteiger partial charge in [0.05, 0.1) is 6.21 Å². The third-order valence-corrected chi connectivity index (χ3v) is 3.44. The summed E-state index contributed by atoms with van der Waals surface area (Å²) < 4.78 is 13.6. The standard InChI is InChI=1S/C19H18FN5/c1-14-11-18(25-22-13-16-9-5-6-10-17(16)20)24-19(23-14)21-12-15-7-3-2-4-8-15/h2-11,13H,12H2,1H3,(H2,21,23,24,25)/b22-13+. The van der Waals surface area contributed by atoms with E-state index in [0.717, 1.165) is 11.3 Å². The second-order valence-corrected chi connectivity index (χ2v) is 5.45. The number of nitrogens with one attached hydrogen (secondary N) is 2. The predicted octanol–water partition coefficient (Wildman–Crippen LogP) is 3.98. The Balaban J connectivity index is 1.66. The fourth-order valence-electron chi connectivity index (χ4n) is 2.23. The summed E-state index contributed by atoms with van der Waals surface area (Å²) in [7, 11) is 0. The molecule has 5 nitrogen and oxygen atoms in total. The number of halogens is 1. The van der Waals surface area contributed by atoms with Crippen LogP contribution in [0.1, 0.15) is 16.8 Å². The van der Waals surface area contributed by atoms with E-state index in [2.05, 4.69) is 25.8 Å². The zero-order valence-electron chi connectivity index (χ0n) is 13.8. The van der Waals surface area contributed by atoms with Crippen LogP contribution in [0, 0.1) is 12.7 Å². The molecule has 0 fully saturated rings. The van der Waals surface area contributed by atoms with E-state index in [0.29, 0.717) is 23.9 Å². The fraction of sp³-hybridized carbons (Fsp3) is 0.105. The maximum absolute atomic E-state index is 13.6. The van der Waals surface area contributed by atoms with Gasteiger partial charge in [-0.25, -0.2) is 9.37 Å². The largest absolute Gasteiger partial charge is 0.350 e. The van der Waals surface area contributed by atoms with Crippen LogP contribution in [0.4, 0.5) is 16.2 Å². The van der Waals surface area contributed by atoms with Crippen molar-refractivity contribution in [2.45, 2.75) is 13.5 Å². The molecule has 3 aromatic rings. The van der Waals surface area contributed by atoms with Crippen molar-refractivity contribution < 1.29 is 4.39 Å². The highest BCUT2D eigenvalue weighted by atomic mass is 19.1. The van der Waals surface area contributed by atoms with Crippen LogP contribution >= 0.6 is 0 Å². The van der Waals surface area contributed by atoms with Crippen molar-refractivity contribution in [3.63, 3.8) is 0 Å². The minimum absolute atomic E-state index is 0.322. The highest BCUT2D eigenvalue weighted by molar-refractivity contribution is 5.80. The van der Waals surface area contributed by atoms with Crippen LogP contribution in [-0.4, -0.2) is 16.2 Å². The molecule has 3 rings (SSSR count). The lowest BCUT2D eigenvalue weighted by atomic mass is 10.2. The normalized spacial score (nSPS) is 10.8. The van der Waals surface area contributed by atoms with Gasteiger partial charge in [-0.15, -0.1) is 0 Å². The monoisotopic (exact) mass is 335 g/mol. The van der Waals surface area contributed by atoms with Gasteiger partial charge in [0.1, 0.15) is 5.82 Å². The average molecular weight is 335 g/mol. The molecule has 0 radical (unpaired) electrons. The van der Waals surface area contributed by atoms with Crippen molar-refractivity contribution in [2.75, 3.05) is 10.7 Å². The Morgan fingerprint density at radius 1 is 1.04 bits per heavy atom. The van der Waals surface area contributed by atoms with Gasteiger partial charge in [-0.1, -0.05) is 48.5 Å². The van der Waals surface area contributed by atoms with Crippen molar-refractivity contribution in [2.24, 2.45) is 5.10 Å². The topological polar surface area (TPSA) is 62.2 Å². The van der Waals surface area contributed by atoms with Crippen LogP contribution in [0.15, 0.2) is 65.8 Å². The van der Waals surface area contributed by atoms with Crippen molar-refractivity contribution in [3.8, 4) is 0 Å². The van der Waals surface area contributed by atoms with Gasteiger partial charge in [0, 0.05) is 23.9 Å². The van der Waals surface area contributed by atoms with E-state index in [-0.39, 0.29) is 5.82 Å². The van der Waals surface area contributed by atoms with Crippen molar-refractivity contribution in [1.29, 1.82) is 0 Å². The predicted molar refractivity (Wildman–Crippen MR) is 98.2 cm³/mol. The number of rotatable bonds is 6. The Labute approximate surface area is 145 Å². The van der Waals surface area contributed by atoms with Gasteiger partial charge in [-0.05, 0) is 18.6 Å². The maximum Gasteiger partial charge on any atom is 0.225 e. The first kappa shape index (κ1) is 16.6. The molecule has 126 valence electrons. The molecule has 0 aliphatic carbocycles. The number of hydrogen-bond donors (Lipinski definition) is 2. The average Bonchev–Trinajstić information content (AvgIpc) is 2.62. The molecule has 25 heavy (non-hydrogen) atoms. The Morgan fingerprint density at radius 3 is 2.60 bits per heavy atom. The number of aryl methyl sites for hydroxylation is 1. The summed E-state index contributed by atoms with van der Waals surface area (Å²) in [5, 5.41) is 7.23. The van der Waals surface area contributed by atoms with Crippen LogP contribution in [-0.2, 0) is 6.54 Å². The van der Waals surface area contributed by atoms with Crippen LogP contribution < -0.4 is 10.7 Å². The van der Waals surface area contributed by atoms with Gasteiger partial charge >= 0.3 is 0 Å². The first-order valence-electron chi connectivity index (χ1n) is 7.88. The van der Waals surface area contributed by atoms with Gasteiger partial charge in [0.2, 0.25) is 5.95 Å². The Hall–Kier alpha value is -3.28. The van der Waals surface area contributed by atoms with E-state index in [1.807, 2.05) is 37.3 Å². The number of hydrazone groups is 1. The van der Waals surface area contributed by atoms with Crippen molar-refractivity contribution in [1.82, 2.24) is 9.97 Å². The summed E-state index contributed by atoms with van der Waals surface area (Å²) in [6.45, 7) is 2.50. The van der Waals surface area contributed by atoms with Crippen LogP contribution in [0.2, 0.25) is 0 Å². The van der Waals surface area contributed by atoms with Crippen molar-refractivity contribution in [3.05, 3.63) is 83.3 Å². The fourth-order valence-corrected chi connectivity index (χ4v) is 2.23. The third kappa shape index (κ3) is 4.84. The lowest BCUT2D eigenvalue weighted by Gasteiger charge is -2.08. The molecule has 6 heteroatoms. The number of hydrogen-bond acceptors (Lipinski definition) is 5. The molecule has 0 unspecified atom stereocenters. The summed E-state index contributed by atoms with van der Waals surface area (Å²) in [6.07, 6.45) is 1.42. The maximum atomic E-state index is 13.6. The molecule has 0 amide bonds. The minimum Gasteiger partial charge on any atom is -0.350 e.